The van der Waals surface area contributed by atoms with E-state index in [1.54, 1.807) is 4.90 Å². The van der Waals surface area contributed by atoms with Crippen molar-refractivity contribution in [3.8, 4) is 0 Å². The average Bonchev–Trinajstić information content (AvgIpc) is 2.81. The molecule has 17 heavy (non-hydrogen) atoms. The van der Waals surface area contributed by atoms with E-state index in [2.05, 4.69) is 4.74 Å². The second-order valence-corrected chi connectivity index (χ2v) is 4.00. The molecule has 1 aliphatic heterocycles. The van der Waals surface area contributed by atoms with E-state index in [0.29, 0.717) is 13.1 Å². The molecule has 0 atom stereocenters. The molecule has 0 saturated carbocycles. The molecule has 0 radical (unpaired) electrons. The number of urea groups is 2. The molecule has 1 heterocycles. The Hall–Kier alpha value is -1.79. The van der Waals surface area contributed by atoms with Crippen LogP contribution in [0.3, 0.4) is 0 Å². The fourth-order valence-corrected chi connectivity index (χ4v) is 1.60. The maximum atomic E-state index is 12.1. The van der Waals surface area contributed by atoms with Crippen LogP contribution < -0.4 is 0 Å². The summed E-state index contributed by atoms with van der Waals surface area (Å²) in [5.74, 6) is 0. The molecule has 0 spiro atoms. The largest absolute Gasteiger partial charge is 0.468 e. The average molecular weight is 242 g/mol. The van der Waals surface area contributed by atoms with Crippen LogP contribution in [0, 0.1) is 5.41 Å². The van der Waals surface area contributed by atoms with E-state index in [1.165, 1.54) is 26.1 Å². The van der Waals surface area contributed by atoms with Crippen LogP contribution in [0.1, 0.15) is 12.8 Å². The van der Waals surface area contributed by atoms with Gasteiger partial charge in [0.2, 0.25) is 0 Å². The third kappa shape index (κ3) is 2.86. The SMILES string of the molecule is COC(=N)N(C(=O)N(C)C)C(=O)N1CCCC1. The van der Waals surface area contributed by atoms with Crippen molar-refractivity contribution >= 4 is 18.1 Å². The van der Waals surface area contributed by atoms with Gasteiger partial charge in [0.05, 0.1) is 7.11 Å². The summed E-state index contributed by atoms with van der Waals surface area (Å²) in [5, 5.41) is 7.52. The summed E-state index contributed by atoms with van der Waals surface area (Å²) in [6.45, 7) is 1.24. The smallest absolute Gasteiger partial charge is 0.336 e. The standard InChI is InChI=1S/C10H18N4O3/c1-12(2)9(15)14(8(11)17-3)10(16)13-6-4-5-7-13/h11H,4-7H2,1-3H3. The lowest BCUT2D eigenvalue weighted by Crippen LogP contribution is -2.52. The van der Waals surface area contributed by atoms with Gasteiger partial charge < -0.3 is 14.5 Å². The predicted octanol–water partition coefficient (Wildman–Crippen LogP) is 0.767. The van der Waals surface area contributed by atoms with E-state index >= 15 is 0 Å². The lowest BCUT2D eigenvalue weighted by atomic mass is 10.4. The Labute approximate surface area is 100 Å². The van der Waals surface area contributed by atoms with Crippen LogP contribution in [-0.4, -0.2) is 67.1 Å². The van der Waals surface area contributed by atoms with Gasteiger partial charge in [-0.25, -0.2) is 9.59 Å². The van der Waals surface area contributed by atoms with Gasteiger partial charge in [-0.15, -0.1) is 0 Å². The Kier molecular flexibility index (Phi) is 4.30. The Morgan fingerprint density at radius 2 is 1.76 bits per heavy atom. The van der Waals surface area contributed by atoms with Crippen molar-refractivity contribution in [2.24, 2.45) is 0 Å². The Balaban J connectivity index is 2.85. The van der Waals surface area contributed by atoms with E-state index in [9.17, 15) is 9.59 Å². The van der Waals surface area contributed by atoms with Gasteiger partial charge in [-0.2, -0.15) is 4.90 Å². The molecule has 0 bridgehead atoms. The second kappa shape index (κ2) is 5.51. The minimum Gasteiger partial charge on any atom is -0.468 e. The first-order valence-electron chi connectivity index (χ1n) is 5.42. The number of methoxy groups -OCH3 is 1. The van der Waals surface area contributed by atoms with E-state index in [1.807, 2.05) is 0 Å². The number of nitrogens with zero attached hydrogens (tertiary/aromatic N) is 3. The molecule has 96 valence electrons. The molecular weight excluding hydrogens is 224 g/mol. The Bertz CT molecular complexity index is 324. The number of imide groups is 1. The fraction of sp³-hybridized carbons (Fsp3) is 0.700. The highest BCUT2D eigenvalue weighted by Gasteiger charge is 2.33. The van der Waals surface area contributed by atoms with Crippen LogP contribution in [0.2, 0.25) is 0 Å². The Morgan fingerprint density at radius 3 is 2.18 bits per heavy atom. The first-order chi connectivity index (χ1) is 7.99. The van der Waals surface area contributed by atoms with Gasteiger partial charge in [-0.1, -0.05) is 0 Å². The minimum absolute atomic E-state index is 0.458. The van der Waals surface area contributed by atoms with E-state index < -0.39 is 18.1 Å². The highest BCUT2D eigenvalue weighted by Crippen LogP contribution is 2.12. The topological polar surface area (TPSA) is 76.9 Å². The van der Waals surface area contributed by atoms with Gasteiger partial charge in [0.25, 0.3) is 0 Å². The first kappa shape index (κ1) is 13.3. The number of likely N-dealkylation sites (tertiary alicyclic amines) is 1. The maximum Gasteiger partial charge on any atom is 0.336 e. The van der Waals surface area contributed by atoms with Gasteiger partial charge in [0, 0.05) is 27.2 Å². The Morgan fingerprint density at radius 1 is 1.24 bits per heavy atom. The molecule has 0 aromatic heterocycles. The van der Waals surface area contributed by atoms with Crippen LogP contribution in [0.4, 0.5) is 9.59 Å². The van der Waals surface area contributed by atoms with E-state index in [0.717, 1.165) is 17.7 Å². The number of nitrogens with one attached hydrogen (secondary N) is 1. The number of carbonyl (C=O) groups is 2. The van der Waals surface area contributed by atoms with Crippen LogP contribution in [0.25, 0.3) is 0 Å². The molecule has 1 rings (SSSR count). The van der Waals surface area contributed by atoms with Crippen molar-refractivity contribution in [2.75, 3.05) is 34.3 Å². The summed E-state index contributed by atoms with van der Waals surface area (Å²) < 4.78 is 4.68. The van der Waals surface area contributed by atoms with Gasteiger partial charge in [0.15, 0.2) is 0 Å². The summed E-state index contributed by atoms with van der Waals surface area (Å²) >= 11 is 0. The third-order valence-electron chi connectivity index (χ3n) is 2.54. The minimum atomic E-state index is -0.575. The van der Waals surface area contributed by atoms with Crippen molar-refractivity contribution in [1.82, 2.24) is 14.7 Å². The monoisotopic (exact) mass is 242 g/mol. The zero-order valence-corrected chi connectivity index (χ0v) is 10.4. The predicted molar refractivity (Wildman–Crippen MR) is 61.9 cm³/mol. The molecule has 0 unspecified atom stereocenters. The zero-order chi connectivity index (χ0) is 13.0. The van der Waals surface area contributed by atoms with E-state index in [-0.39, 0.29) is 0 Å². The molecule has 0 aliphatic carbocycles. The summed E-state index contributed by atoms with van der Waals surface area (Å²) in [4.78, 5) is 27.4. The van der Waals surface area contributed by atoms with Crippen molar-refractivity contribution in [2.45, 2.75) is 12.8 Å². The van der Waals surface area contributed by atoms with Crippen molar-refractivity contribution < 1.29 is 14.3 Å². The molecule has 7 heteroatoms. The number of ether oxygens (including phenoxy) is 1. The third-order valence-corrected chi connectivity index (χ3v) is 2.54. The maximum absolute atomic E-state index is 12.1. The molecule has 0 aromatic rings. The van der Waals surface area contributed by atoms with Crippen LogP contribution in [0.5, 0.6) is 0 Å². The van der Waals surface area contributed by atoms with Gasteiger partial charge in [0.1, 0.15) is 0 Å². The number of carbonyl (C=O) groups excluding carboxylic acids is 2. The number of amidine groups is 1. The number of rotatable bonds is 0. The highest BCUT2D eigenvalue weighted by atomic mass is 16.5. The summed E-state index contributed by atoms with van der Waals surface area (Å²) in [6.07, 6.45) is 1.85. The molecule has 1 fully saturated rings. The number of amides is 4. The molecule has 1 N–H and O–H groups in total. The van der Waals surface area contributed by atoms with Crippen molar-refractivity contribution in [3.63, 3.8) is 0 Å². The van der Waals surface area contributed by atoms with Crippen LogP contribution >= 0.6 is 0 Å². The molecule has 4 amide bonds. The fourth-order valence-electron chi connectivity index (χ4n) is 1.60. The normalized spacial score (nSPS) is 14.4. The second-order valence-electron chi connectivity index (χ2n) is 4.00. The summed E-state index contributed by atoms with van der Waals surface area (Å²) in [6, 6.07) is -1.53. The quantitative estimate of drug-likeness (QED) is 0.503. The van der Waals surface area contributed by atoms with Crippen molar-refractivity contribution in [1.29, 1.82) is 5.41 Å². The lowest BCUT2D eigenvalue weighted by molar-refractivity contribution is 0.159. The first-order valence-corrected chi connectivity index (χ1v) is 5.42. The van der Waals surface area contributed by atoms with Crippen LogP contribution in [-0.2, 0) is 4.74 Å². The molecule has 1 aliphatic rings. The lowest BCUT2D eigenvalue weighted by Gasteiger charge is -2.27. The molecule has 0 aromatic carbocycles. The van der Waals surface area contributed by atoms with E-state index in [4.69, 9.17) is 5.41 Å². The van der Waals surface area contributed by atoms with Crippen molar-refractivity contribution in [3.05, 3.63) is 0 Å². The van der Waals surface area contributed by atoms with Crippen LogP contribution in [0.15, 0.2) is 0 Å². The summed E-state index contributed by atoms with van der Waals surface area (Å²) in [7, 11) is 4.31. The molecular formula is C10H18N4O3. The molecule has 1 saturated heterocycles. The number of hydrogen-bond donors (Lipinski definition) is 1. The number of hydrogen-bond acceptors (Lipinski definition) is 4. The molecule has 7 nitrogen and oxygen atoms in total. The summed E-state index contributed by atoms with van der Waals surface area (Å²) in [5.41, 5.74) is 0. The highest BCUT2D eigenvalue weighted by molar-refractivity contribution is 6.08. The van der Waals surface area contributed by atoms with Gasteiger partial charge >= 0.3 is 18.1 Å². The van der Waals surface area contributed by atoms with Gasteiger partial charge in [-0.05, 0) is 12.8 Å². The van der Waals surface area contributed by atoms with Gasteiger partial charge in [-0.3, -0.25) is 5.41 Å². The zero-order valence-electron chi connectivity index (χ0n) is 10.4.